The molecule has 26 heavy (non-hydrogen) atoms. The van der Waals surface area contributed by atoms with Crippen LogP contribution in [0.2, 0.25) is 5.02 Å². The van der Waals surface area contributed by atoms with Crippen LogP contribution in [0, 0.1) is 10.1 Å². The van der Waals surface area contributed by atoms with Gasteiger partial charge in [0.2, 0.25) is 0 Å². The van der Waals surface area contributed by atoms with Crippen molar-refractivity contribution in [1.82, 2.24) is 0 Å². The Morgan fingerprint density at radius 2 is 1.92 bits per heavy atom. The summed E-state index contributed by atoms with van der Waals surface area (Å²) in [4.78, 5) is 22.1. The molecule has 2 aromatic rings. The topological polar surface area (TPSA) is 78.7 Å². The molecule has 0 N–H and O–H groups in total. The molecule has 2 rings (SSSR count). The van der Waals surface area contributed by atoms with Crippen LogP contribution in [0.1, 0.15) is 15.9 Å². The fraction of sp³-hybridized carbons (Fsp3) is 0.118. The van der Waals surface area contributed by atoms with Crippen LogP contribution in [0.15, 0.2) is 42.5 Å². The Bertz CT molecular complexity index is 853. The number of ether oxygens (including phenoxy) is 2. The van der Waals surface area contributed by atoms with E-state index in [-0.39, 0.29) is 27.8 Å². The summed E-state index contributed by atoms with van der Waals surface area (Å²) in [5.74, 6) is -0.717. The average Bonchev–Trinajstić information content (AvgIpc) is 2.61. The van der Waals surface area contributed by atoms with Gasteiger partial charge in [0.25, 0.3) is 5.69 Å². The van der Waals surface area contributed by atoms with E-state index in [4.69, 9.17) is 16.3 Å². The lowest BCUT2D eigenvalue weighted by Crippen LogP contribution is -2.04. The zero-order chi connectivity index (χ0) is 19.3. The minimum absolute atomic E-state index is 0.0137. The molecular formula is C17H12ClF2NO5. The number of allylic oxidation sites excluding steroid dienone is 1. The third-order valence-corrected chi connectivity index (χ3v) is 3.53. The quantitative estimate of drug-likeness (QED) is 0.298. The number of methoxy groups -OCH3 is 1. The van der Waals surface area contributed by atoms with Crippen molar-refractivity contribution >= 4 is 29.1 Å². The smallest absolute Gasteiger partial charge is 0.387 e. The molecule has 0 aliphatic rings. The van der Waals surface area contributed by atoms with Crippen molar-refractivity contribution in [2.45, 2.75) is 6.61 Å². The predicted octanol–water partition coefficient (Wildman–Crippen LogP) is 4.75. The highest BCUT2D eigenvalue weighted by atomic mass is 35.5. The van der Waals surface area contributed by atoms with Gasteiger partial charge in [0, 0.05) is 17.7 Å². The molecule has 0 saturated carbocycles. The second kappa shape index (κ2) is 8.39. The number of non-ortho nitro benzene ring substituents is 1. The van der Waals surface area contributed by atoms with Crippen molar-refractivity contribution in [3.8, 4) is 11.5 Å². The first kappa shape index (κ1) is 19.3. The minimum Gasteiger partial charge on any atom is -0.493 e. The van der Waals surface area contributed by atoms with Gasteiger partial charge in [-0.05, 0) is 35.9 Å². The molecule has 6 nitrogen and oxygen atoms in total. The Kier molecular flexibility index (Phi) is 6.24. The third kappa shape index (κ3) is 4.76. The van der Waals surface area contributed by atoms with Gasteiger partial charge < -0.3 is 9.47 Å². The standard InChI is InChI=1S/C17H12ClF2NO5/c1-25-15-9-10(8-13(18)16(15)26-17(19)20)2-7-14(22)11-3-5-12(6-4-11)21(23)24/h2-9,17H,1H3/b7-2+. The number of nitro groups is 1. The summed E-state index contributed by atoms with van der Waals surface area (Å²) in [5.41, 5.74) is 0.544. The lowest BCUT2D eigenvalue weighted by Gasteiger charge is -2.12. The monoisotopic (exact) mass is 383 g/mol. The number of benzene rings is 2. The fourth-order valence-electron chi connectivity index (χ4n) is 2.06. The Hall–Kier alpha value is -3.00. The molecule has 0 atom stereocenters. The molecule has 2 aromatic carbocycles. The van der Waals surface area contributed by atoms with Crippen molar-refractivity contribution < 1.29 is 28.0 Å². The second-order valence-corrected chi connectivity index (χ2v) is 5.32. The summed E-state index contributed by atoms with van der Waals surface area (Å²) in [5, 5.41) is 10.5. The van der Waals surface area contributed by atoms with Gasteiger partial charge in [-0.15, -0.1) is 0 Å². The number of nitro benzene ring substituents is 1. The third-order valence-electron chi connectivity index (χ3n) is 3.25. The Morgan fingerprint density at radius 3 is 2.46 bits per heavy atom. The van der Waals surface area contributed by atoms with Crippen LogP contribution >= 0.6 is 11.6 Å². The van der Waals surface area contributed by atoms with E-state index >= 15 is 0 Å². The van der Waals surface area contributed by atoms with Crippen molar-refractivity contribution in [2.24, 2.45) is 0 Å². The maximum absolute atomic E-state index is 12.4. The molecule has 0 heterocycles. The van der Waals surface area contributed by atoms with E-state index in [1.807, 2.05) is 0 Å². The van der Waals surface area contributed by atoms with E-state index < -0.39 is 17.3 Å². The molecule has 0 unspecified atom stereocenters. The van der Waals surface area contributed by atoms with Crippen LogP contribution in [0.5, 0.6) is 11.5 Å². The van der Waals surface area contributed by atoms with E-state index in [0.717, 1.165) is 0 Å². The van der Waals surface area contributed by atoms with Crippen molar-refractivity contribution in [3.63, 3.8) is 0 Å². The number of halogens is 3. The van der Waals surface area contributed by atoms with Crippen LogP contribution in [0.3, 0.4) is 0 Å². The average molecular weight is 384 g/mol. The van der Waals surface area contributed by atoms with Crippen LogP contribution in [-0.2, 0) is 0 Å². The van der Waals surface area contributed by atoms with Gasteiger partial charge in [-0.1, -0.05) is 17.7 Å². The zero-order valence-corrected chi connectivity index (χ0v) is 14.1. The van der Waals surface area contributed by atoms with E-state index in [2.05, 4.69) is 4.74 Å². The first-order chi connectivity index (χ1) is 12.3. The summed E-state index contributed by atoms with van der Waals surface area (Å²) < 4.78 is 34.1. The summed E-state index contributed by atoms with van der Waals surface area (Å²) in [6.07, 6.45) is 2.63. The van der Waals surface area contributed by atoms with Gasteiger partial charge in [-0.3, -0.25) is 14.9 Å². The molecule has 0 aromatic heterocycles. The van der Waals surface area contributed by atoms with Crippen molar-refractivity contribution in [1.29, 1.82) is 0 Å². The molecule has 9 heteroatoms. The van der Waals surface area contributed by atoms with Gasteiger partial charge in [0.1, 0.15) is 0 Å². The maximum Gasteiger partial charge on any atom is 0.387 e. The van der Waals surface area contributed by atoms with Gasteiger partial charge in [0.15, 0.2) is 17.3 Å². The fourth-order valence-corrected chi connectivity index (χ4v) is 2.32. The van der Waals surface area contributed by atoms with E-state index in [1.165, 1.54) is 55.7 Å². The molecule has 136 valence electrons. The molecular weight excluding hydrogens is 372 g/mol. The van der Waals surface area contributed by atoms with Gasteiger partial charge in [-0.2, -0.15) is 8.78 Å². The maximum atomic E-state index is 12.4. The first-order valence-corrected chi connectivity index (χ1v) is 7.49. The number of hydrogen-bond donors (Lipinski definition) is 0. The number of alkyl halides is 2. The number of carbonyl (C=O) groups excluding carboxylic acids is 1. The highest BCUT2D eigenvalue weighted by Crippen LogP contribution is 2.37. The Morgan fingerprint density at radius 1 is 1.27 bits per heavy atom. The lowest BCUT2D eigenvalue weighted by atomic mass is 10.1. The van der Waals surface area contributed by atoms with Gasteiger partial charge in [0.05, 0.1) is 17.1 Å². The molecule has 0 spiro atoms. The van der Waals surface area contributed by atoms with Gasteiger partial charge >= 0.3 is 6.61 Å². The largest absolute Gasteiger partial charge is 0.493 e. The van der Waals surface area contributed by atoms with Crippen LogP contribution < -0.4 is 9.47 Å². The SMILES string of the molecule is COc1cc(/C=C/C(=O)c2ccc([N+](=O)[O-])cc2)cc(Cl)c1OC(F)F. The highest BCUT2D eigenvalue weighted by molar-refractivity contribution is 6.32. The molecule has 0 fully saturated rings. The molecule has 0 bridgehead atoms. The summed E-state index contributed by atoms with van der Waals surface area (Å²) in [7, 11) is 1.26. The summed E-state index contributed by atoms with van der Waals surface area (Å²) in [6, 6.07) is 7.81. The predicted molar refractivity (Wildman–Crippen MR) is 91.1 cm³/mol. The van der Waals surface area contributed by atoms with E-state index in [9.17, 15) is 23.7 Å². The minimum atomic E-state index is -3.06. The first-order valence-electron chi connectivity index (χ1n) is 7.11. The highest BCUT2D eigenvalue weighted by Gasteiger charge is 2.16. The van der Waals surface area contributed by atoms with Crippen LogP contribution in [0.4, 0.5) is 14.5 Å². The number of nitrogens with zero attached hydrogens (tertiary/aromatic N) is 1. The number of ketones is 1. The molecule has 0 radical (unpaired) electrons. The van der Waals surface area contributed by atoms with E-state index in [1.54, 1.807) is 0 Å². The molecule has 0 aliphatic heterocycles. The molecule has 0 saturated heterocycles. The van der Waals surface area contributed by atoms with Crippen molar-refractivity contribution in [3.05, 3.63) is 68.7 Å². The second-order valence-electron chi connectivity index (χ2n) is 4.91. The molecule has 0 amide bonds. The molecule has 0 aliphatic carbocycles. The van der Waals surface area contributed by atoms with Crippen LogP contribution in [0.25, 0.3) is 6.08 Å². The summed E-state index contributed by atoms with van der Waals surface area (Å²) in [6.45, 7) is -3.06. The van der Waals surface area contributed by atoms with Crippen molar-refractivity contribution in [2.75, 3.05) is 7.11 Å². The van der Waals surface area contributed by atoms with Gasteiger partial charge in [-0.25, -0.2) is 0 Å². The zero-order valence-electron chi connectivity index (χ0n) is 13.3. The summed E-state index contributed by atoms with van der Waals surface area (Å²) >= 11 is 5.92. The Balaban J connectivity index is 2.22. The number of hydrogen-bond acceptors (Lipinski definition) is 5. The normalized spacial score (nSPS) is 11.0. The number of rotatable bonds is 7. The van der Waals surface area contributed by atoms with E-state index in [0.29, 0.717) is 5.56 Å². The number of carbonyl (C=O) groups is 1. The lowest BCUT2D eigenvalue weighted by molar-refractivity contribution is -0.384. The Labute approximate surface area is 151 Å². The van der Waals surface area contributed by atoms with Crippen LogP contribution in [-0.4, -0.2) is 24.4 Å².